The molecule has 3 aromatic rings. The lowest BCUT2D eigenvalue weighted by Crippen LogP contribution is -2.30. The van der Waals surface area contributed by atoms with Crippen LogP contribution in [0.3, 0.4) is 0 Å². The van der Waals surface area contributed by atoms with Gasteiger partial charge in [0.05, 0.1) is 19.1 Å². The van der Waals surface area contributed by atoms with Crippen molar-refractivity contribution in [1.82, 2.24) is 15.5 Å². The molecule has 0 spiro atoms. The van der Waals surface area contributed by atoms with Gasteiger partial charge in [-0.15, -0.1) is 10.2 Å². The van der Waals surface area contributed by atoms with Crippen molar-refractivity contribution in [2.45, 2.75) is 6.61 Å². The molecule has 1 N–H and O–H groups in total. The molecule has 1 amide bonds. The molecule has 12 nitrogen and oxygen atoms in total. The molecule has 0 aliphatic heterocycles. The van der Waals surface area contributed by atoms with E-state index >= 15 is 0 Å². The fourth-order valence-corrected chi connectivity index (χ4v) is 2.58. The first-order valence-electron chi connectivity index (χ1n) is 9.14. The highest BCUT2D eigenvalue weighted by Crippen LogP contribution is 2.27. The largest absolute Gasteiger partial charge is 0.493 e. The van der Waals surface area contributed by atoms with Crippen LogP contribution in [0.1, 0.15) is 16.2 Å². The molecule has 0 saturated heterocycles. The number of carbonyl (C=O) groups excluding carboxylic acids is 2. The molecule has 0 saturated carbocycles. The Hall–Kier alpha value is -4.48. The number of amides is 1. The first-order chi connectivity index (χ1) is 15.4. The zero-order valence-electron chi connectivity index (χ0n) is 17.1. The van der Waals surface area contributed by atoms with Gasteiger partial charge >= 0.3 is 5.97 Å². The minimum Gasteiger partial charge on any atom is -0.493 e. The summed E-state index contributed by atoms with van der Waals surface area (Å²) in [5.41, 5.74) is 0.681. The Kier molecular flexibility index (Phi) is 6.95. The van der Waals surface area contributed by atoms with Crippen molar-refractivity contribution in [2.24, 2.45) is 0 Å². The van der Waals surface area contributed by atoms with Crippen molar-refractivity contribution in [1.29, 1.82) is 0 Å². The van der Waals surface area contributed by atoms with Crippen LogP contribution in [0, 0.1) is 10.1 Å². The molecule has 32 heavy (non-hydrogen) atoms. The number of nitrogens with one attached hydrogen (secondary N) is 1. The number of nitro benzene ring substituents is 1. The van der Waals surface area contributed by atoms with E-state index in [1.165, 1.54) is 50.6 Å². The number of nitro groups is 1. The predicted octanol–water partition coefficient (Wildman–Crippen LogP) is 2.14. The van der Waals surface area contributed by atoms with Gasteiger partial charge in [-0.05, 0) is 30.3 Å². The number of carbonyl (C=O) groups is 2. The second-order valence-corrected chi connectivity index (χ2v) is 6.22. The maximum atomic E-state index is 12.2. The lowest BCUT2D eigenvalue weighted by atomic mass is 10.2. The molecule has 0 fully saturated rings. The highest BCUT2D eigenvalue weighted by Gasteiger charge is 2.15. The minimum atomic E-state index is -0.714. The number of ether oxygens (including phenoxy) is 3. The number of non-ortho nitro benzene ring substituents is 1. The van der Waals surface area contributed by atoms with Crippen molar-refractivity contribution in [2.75, 3.05) is 20.8 Å². The fraction of sp³-hybridized carbons (Fsp3) is 0.200. The molecular formula is C20H18N4O8. The Bertz CT molecular complexity index is 1130. The summed E-state index contributed by atoms with van der Waals surface area (Å²) < 4.78 is 20.6. The van der Waals surface area contributed by atoms with Gasteiger partial charge in [0.25, 0.3) is 17.5 Å². The number of aromatic nitrogens is 2. The maximum absolute atomic E-state index is 12.2. The molecule has 3 rings (SSSR count). The number of methoxy groups -OCH3 is 2. The standard InChI is InChI=1S/C20H18N4O8/c1-29-15-8-5-13(9-16(15)30-2)19(26)21-10-18(25)31-11-17-22-23-20(32-17)12-3-6-14(7-4-12)24(27)28/h3-9H,10-11H2,1-2H3,(H,21,26). The first kappa shape index (κ1) is 22.2. The van der Waals surface area contributed by atoms with Gasteiger partial charge < -0.3 is 23.9 Å². The Morgan fingerprint density at radius 1 is 1.06 bits per heavy atom. The molecule has 0 bridgehead atoms. The second-order valence-electron chi connectivity index (χ2n) is 6.22. The van der Waals surface area contributed by atoms with Crippen LogP contribution in [-0.4, -0.2) is 47.8 Å². The molecule has 2 aromatic carbocycles. The van der Waals surface area contributed by atoms with Gasteiger partial charge in [0.1, 0.15) is 6.54 Å². The van der Waals surface area contributed by atoms with E-state index in [0.717, 1.165) is 0 Å². The van der Waals surface area contributed by atoms with E-state index in [0.29, 0.717) is 17.1 Å². The molecule has 0 radical (unpaired) electrons. The van der Waals surface area contributed by atoms with Crippen molar-refractivity contribution in [3.05, 3.63) is 64.0 Å². The number of nitrogens with zero attached hydrogens (tertiary/aromatic N) is 3. The minimum absolute atomic E-state index is 0.0259. The summed E-state index contributed by atoms with van der Waals surface area (Å²) in [5, 5.41) is 20.7. The average molecular weight is 442 g/mol. The Morgan fingerprint density at radius 3 is 2.44 bits per heavy atom. The van der Waals surface area contributed by atoms with Crippen LogP contribution in [-0.2, 0) is 16.1 Å². The van der Waals surface area contributed by atoms with E-state index in [9.17, 15) is 19.7 Å². The number of esters is 1. The summed E-state index contributed by atoms with van der Waals surface area (Å²) in [6.07, 6.45) is 0. The van der Waals surface area contributed by atoms with E-state index in [-0.39, 0.29) is 36.2 Å². The van der Waals surface area contributed by atoms with E-state index in [2.05, 4.69) is 15.5 Å². The third-order valence-electron chi connectivity index (χ3n) is 4.19. The molecular weight excluding hydrogens is 424 g/mol. The molecule has 1 aromatic heterocycles. The van der Waals surface area contributed by atoms with Crippen LogP contribution >= 0.6 is 0 Å². The number of hydrogen-bond donors (Lipinski definition) is 1. The normalized spacial score (nSPS) is 10.3. The van der Waals surface area contributed by atoms with Gasteiger partial charge in [0.15, 0.2) is 18.1 Å². The fourth-order valence-electron chi connectivity index (χ4n) is 2.58. The third-order valence-corrected chi connectivity index (χ3v) is 4.19. The molecule has 0 unspecified atom stereocenters. The van der Waals surface area contributed by atoms with Crippen LogP contribution in [0.15, 0.2) is 46.9 Å². The lowest BCUT2D eigenvalue weighted by molar-refractivity contribution is -0.384. The van der Waals surface area contributed by atoms with Crippen molar-refractivity contribution >= 4 is 17.6 Å². The molecule has 0 aliphatic rings. The number of rotatable bonds is 9. The second kappa shape index (κ2) is 10.0. The monoisotopic (exact) mass is 442 g/mol. The highest BCUT2D eigenvalue weighted by atomic mass is 16.6. The molecule has 1 heterocycles. The summed E-state index contributed by atoms with van der Waals surface area (Å²) in [5.74, 6) is -0.222. The van der Waals surface area contributed by atoms with E-state index in [1.807, 2.05) is 0 Å². The van der Waals surface area contributed by atoms with Crippen LogP contribution < -0.4 is 14.8 Å². The predicted molar refractivity (Wildman–Crippen MR) is 108 cm³/mol. The van der Waals surface area contributed by atoms with Gasteiger partial charge in [-0.2, -0.15) is 0 Å². The Labute approximate surface area is 181 Å². The number of hydrogen-bond acceptors (Lipinski definition) is 10. The maximum Gasteiger partial charge on any atom is 0.325 e. The first-order valence-corrected chi connectivity index (χ1v) is 9.14. The highest BCUT2D eigenvalue weighted by molar-refractivity contribution is 5.96. The van der Waals surface area contributed by atoms with Crippen LogP contribution in [0.4, 0.5) is 5.69 Å². The lowest BCUT2D eigenvalue weighted by Gasteiger charge is -2.09. The summed E-state index contributed by atoms with van der Waals surface area (Å²) in [6.45, 7) is -0.679. The van der Waals surface area contributed by atoms with E-state index in [1.54, 1.807) is 6.07 Å². The average Bonchev–Trinajstić information content (AvgIpc) is 3.29. The van der Waals surface area contributed by atoms with Crippen LogP contribution in [0.5, 0.6) is 11.5 Å². The zero-order valence-corrected chi connectivity index (χ0v) is 17.1. The molecule has 0 atom stereocenters. The summed E-state index contributed by atoms with van der Waals surface area (Å²) in [6, 6.07) is 10.1. The summed E-state index contributed by atoms with van der Waals surface area (Å²) >= 11 is 0. The SMILES string of the molecule is COc1ccc(C(=O)NCC(=O)OCc2nnc(-c3ccc([N+](=O)[O-])cc3)o2)cc1OC. The van der Waals surface area contributed by atoms with Gasteiger partial charge in [0.2, 0.25) is 5.89 Å². The van der Waals surface area contributed by atoms with E-state index in [4.69, 9.17) is 18.6 Å². The van der Waals surface area contributed by atoms with Gasteiger partial charge in [-0.25, -0.2) is 0 Å². The van der Waals surface area contributed by atoms with Crippen molar-refractivity contribution in [3.8, 4) is 23.0 Å². The molecule has 12 heteroatoms. The van der Waals surface area contributed by atoms with Gasteiger partial charge in [0, 0.05) is 23.3 Å². The van der Waals surface area contributed by atoms with Crippen molar-refractivity contribution in [3.63, 3.8) is 0 Å². The smallest absolute Gasteiger partial charge is 0.325 e. The topological polar surface area (TPSA) is 156 Å². The molecule has 166 valence electrons. The zero-order chi connectivity index (χ0) is 23.1. The van der Waals surface area contributed by atoms with Crippen LogP contribution in [0.2, 0.25) is 0 Å². The summed E-state index contributed by atoms with van der Waals surface area (Å²) in [7, 11) is 2.92. The molecule has 0 aliphatic carbocycles. The third kappa shape index (κ3) is 5.36. The van der Waals surface area contributed by atoms with Crippen molar-refractivity contribution < 1.29 is 33.1 Å². The van der Waals surface area contributed by atoms with Crippen LogP contribution in [0.25, 0.3) is 11.5 Å². The summed E-state index contributed by atoms with van der Waals surface area (Å²) in [4.78, 5) is 34.3. The Morgan fingerprint density at radius 2 is 1.78 bits per heavy atom. The number of benzene rings is 2. The van der Waals surface area contributed by atoms with E-state index < -0.39 is 16.8 Å². The van der Waals surface area contributed by atoms with Gasteiger partial charge in [-0.1, -0.05) is 0 Å². The quantitative estimate of drug-likeness (QED) is 0.296. The Balaban J connectivity index is 1.50. The van der Waals surface area contributed by atoms with Gasteiger partial charge in [-0.3, -0.25) is 19.7 Å².